The van der Waals surface area contributed by atoms with Crippen molar-refractivity contribution in [2.75, 3.05) is 0 Å². The van der Waals surface area contributed by atoms with Crippen LogP contribution in [0.15, 0.2) is 33.9 Å². The first-order chi connectivity index (χ1) is 21.9. The molecule has 0 saturated carbocycles. The predicted octanol–water partition coefficient (Wildman–Crippen LogP) is 14.2. The zero-order valence-electron chi connectivity index (χ0n) is 30.6. The van der Waals surface area contributed by atoms with Crippen LogP contribution in [0, 0.1) is 11.8 Å². The molecule has 1 aromatic carbocycles. The molecule has 0 bridgehead atoms. The molecule has 3 aromatic heterocycles. The zero-order valence-corrected chi connectivity index (χ0v) is 38.8. The first-order valence-electron chi connectivity index (χ1n) is 18.4. The molecule has 0 spiro atoms. The SMILES string of the molecule is CCCCC(CC)Cc1ccc(-c2c3c(c(-c4ccc(CC(CC)CCCC)s4)c4s[c]([Sn]([CH3])([CH3])[CH3])cc24)C=[C]([Sn]([CH3])([CH3])[CH3])C3)s1. The first-order valence-corrected chi connectivity index (χ1v) is 40.8. The molecule has 0 nitrogen and oxygen atoms in total. The second kappa shape index (κ2) is 15.9. The third kappa shape index (κ3) is 8.44. The van der Waals surface area contributed by atoms with Crippen LogP contribution in [0.5, 0.6) is 0 Å². The Morgan fingerprint density at radius 1 is 0.674 bits per heavy atom. The van der Waals surface area contributed by atoms with Crippen LogP contribution in [0.2, 0.25) is 29.6 Å². The second-order valence-corrected chi connectivity index (χ2v) is 49.6. The Kier molecular flexibility index (Phi) is 12.8. The summed E-state index contributed by atoms with van der Waals surface area (Å²) in [6, 6.07) is 12.7. The van der Waals surface area contributed by atoms with Gasteiger partial charge in [0.05, 0.1) is 0 Å². The molecule has 250 valence electrons. The van der Waals surface area contributed by atoms with Gasteiger partial charge in [0.15, 0.2) is 0 Å². The van der Waals surface area contributed by atoms with E-state index < -0.39 is 36.8 Å². The van der Waals surface area contributed by atoms with Crippen molar-refractivity contribution < 1.29 is 0 Å². The Bertz CT molecular complexity index is 1650. The van der Waals surface area contributed by atoms with Crippen LogP contribution in [-0.2, 0) is 19.3 Å². The van der Waals surface area contributed by atoms with Crippen molar-refractivity contribution >= 4 is 89.8 Å². The van der Waals surface area contributed by atoms with E-state index in [2.05, 4.69) is 128 Å². The molecule has 2 atom stereocenters. The number of hydrogen-bond acceptors (Lipinski definition) is 3. The molecule has 1 aliphatic carbocycles. The van der Waals surface area contributed by atoms with Gasteiger partial charge in [-0.1, -0.05) is 13.8 Å². The predicted molar refractivity (Wildman–Crippen MR) is 220 cm³/mol. The van der Waals surface area contributed by atoms with Crippen molar-refractivity contribution in [3.63, 3.8) is 0 Å². The number of benzene rings is 1. The molecular formula is C41H60S3Sn2. The van der Waals surface area contributed by atoms with Gasteiger partial charge in [-0.2, -0.15) is 0 Å². The molecule has 0 amide bonds. The molecule has 3 heterocycles. The summed E-state index contributed by atoms with van der Waals surface area (Å²) < 4.78 is 5.09. The molecule has 0 fully saturated rings. The van der Waals surface area contributed by atoms with Crippen LogP contribution in [-0.4, -0.2) is 36.8 Å². The van der Waals surface area contributed by atoms with Gasteiger partial charge in [-0.05, 0) is 0 Å². The fourth-order valence-corrected chi connectivity index (χ4v) is 19.7. The van der Waals surface area contributed by atoms with Gasteiger partial charge >= 0.3 is 291 Å². The van der Waals surface area contributed by atoms with Crippen LogP contribution >= 0.6 is 34.0 Å². The van der Waals surface area contributed by atoms with E-state index in [4.69, 9.17) is 0 Å². The third-order valence-corrected chi connectivity index (χ3v) is 29.6. The number of unbranched alkanes of at least 4 members (excludes halogenated alkanes) is 2. The summed E-state index contributed by atoms with van der Waals surface area (Å²) in [6.45, 7) is 9.45. The van der Waals surface area contributed by atoms with Gasteiger partial charge in [0.2, 0.25) is 0 Å². The van der Waals surface area contributed by atoms with Crippen molar-refractivity contribution in [1.29, 1.82) is 0 Å². The first kappa shape index (κ1) is 37.2. The molecule has 0 N–H and O–H groups in total. The quantitative estimate of drug-likeness (QED) is 0.0984. The van der Waals surface area contributed by atoms with E-state index in [1.54, 1.807) is 48.6 Å². The maximum absolute atomic E-state index is 2.71. The van der Waals surface area contributed by atoms with Crippen LogP contribution in [0.3, 0.4) is 0 Å². The van der Waals surface area contributed by atoms with Crippen molar-refractivity contribution in [3.8, 4) is 20.9 Å². The van der Waals surface area contributed by atoms with Crippen molar-refractivity contribution in [2.24, 2.45) is 11.8 Å². The van der Waals surface area contributed by atoms with E-state index >= 15 is 0 Å². The van der Waals surface area contributed by atoms with Gasteiger partial charge in [-0.25, -0.2) is 0 Å². The number of rotatable bonds is 16. The average Bonchev–Trinajstić information content (AvgIpc) is 3.81. The Morgan fingerprint density at radius 2 is 1.22 bits per heavy atom. The standard InChI is InChI=1S/C35H42S3.6CH3.2Sn/c1-5-9-12-24(7-3)22-26-16-18-31(37-26)33-28-14-11-15-29(28)34(35-30(33)20-21-36-35)32-19-17-27(38-32)23-25(8-4)13-10-6-2;;;;;;;;/h15-20,24-25H,5-10,12-14,22-23H2,1-4H3;6*1H3;;. The van der Waals surface area contributed by atoms with Crippen LogP contribution in [0.4, 0.5) is 0 Å². The van der Waals surface area contributed by atoms with Crippen molar-refractivity contribution in [2.45, 2.75) is 128 Å². The Morgan fingerprint density at radius 3 is 1.70 bits per heavy atom. The summed E-state index contributed by atoms with van der Waals surface area (Å²) in [5.74, 6) is 1.62. The van der Waals surface area contributed by atoms with E-state index in [1.165, 1.54) is 80.4 Å². The molecule has 0 aliphatic heterocycles. The maximum atomic E-state index is 2.71. The zero-order chi connectivity index (χ0) is 33.2. The van der Waals surface area contributed by atoms with Gasteiger partial charge < -0.3 is 0 Å². The Balaban J connectivity index is 1.68. The molecule has 0 radical (unpaired) electrons. The average molecular weight is 887 g/mol. The number of allylic oxidation sites excluding steroid dienone is 1. The van der Waals surface area contributed by atoms with Gasteiger partial charge in [-0.3, -0.25) is 0 Å². The molecule has 5 rings (SSSR count). The van der Waals surface area contributed by atoms with Crippen LogP contribution in [0.1, 0.15) is 99.9 Å². The Hall–Kier alpha value is -0.0826. The van der Waals surface area contributed by atoms with E-state index in [0.29, 0.717) is 0 Å². The van der Waals surface area contributed by atoms with Gasteiger partial charge in [0, 0.05) is 0 Å². The molecule has 1 aliphatic rings. The van der Waals surface area contributed by atoms with E-state index in [1.807, 2.05) is 0 Å². The summed E-state index contributed by atoms with van der Waals surface area (Å²) in [5.41, 5.74) is 6.39. The summed E-state index contributed by atoms with van der Waals surface area (Å²) in [4.78, 5) is 21.9. The van der Waals surface area contributed by atoms with Gasteiger partial charge in [-0.15, -0.1) is 0 Å². The van der Waals surface area contributed by atoms with Gasteiger partial charge in [0.1, 0.15) is 0 Å². The van der Waals surface area contributed by atoms with Gasteiger partial charge in [0.25, 0.3) is 0 Å². The summed E-state index contributed by atoms with van der Waals surface area (Å²) in [5, 5.41) is 1.56. The minimum atomic E-state index is -2.31. The van der Waals surface area contributed by atoms with E-state index in [9.17, 15) is 0 Å². The summed E-state index contributed by atoms with van der Waals surface area (Å²) in [7, 11) is 0. The molecule has 46 heavy (non-hydrogen) atoms. The van der Waals surface area contributed by atoms with Crippen LogP contribution in [0.25, 0.3) is 37.0 Å². The van der Waals surface area contributed by atoms with E-state index in [0.717, 1.165) is 11.8 Å². The van der Waals surface area contributed by atoms with E-state index in [-0.39, 0.29) is 0 Å². The Labute approximate surface area is 302 Å². The monoisotopic (exact) mass is 888 g/mol. The molecule has 2 unspecified atom stereocenters. The number of thiophene rings is 3. The summed E-state index contributed by atoms with van der Waals surface area (Å²) in [6.07, 6.45) is 17.0. The summed E-state index contributed by atoms with van der Waals surface area (Å²) >= 11 is 1.79. The third-order valence-electron chi connectivity index (χ3n) is 10.4. The normalized spacial score (nSPS) is 15.0. The molecular weight excluding hydrogens is 826 g/mol. The topological polar surface area (TPSA) is 0 Å². The fraction of sp³-hybridized carbons (Fsp3) is 0.561. The molecule has 0 saturated heterocycles. The number of fused-ring (bicyclic) bond motifs is 2. The van der Waals surface area contributed by atoms with Crippen molar-refractivity contribution in [3.05, 3.63) is 54.8 Å². The molecule has 4 aromatic rings. The van der Waals surface area contributed by atoms with Crippen molar-refractivity contribution in [1.82, 2.24) is 0 Å². The number of hydrogen-bond donors (Lipinski definition) is 0. The van der Waals surface area contributed by atoms with Crippen LogP contribution < -0.4 is 2.89 Å². The second-order valence-electron chi connectivity index (χ2n) is 16.1. The fourth-order valence-electron chi connectivity index (χ4n) is 7.17. The molecule has 5 heteroatoms. The minimum absolute atomic E-state index is 0.812.